The molecule has 0 saturated carbocycles. The Labute approximate surface area is 112 Å². The minimum Gasteiger partial charge on any atom is -0.320 e. The average Bonchev–Trinajstić information content (AvgIpc) is 2.86. The quantitative estimate of drug-likeness (QED) is 0.867. The molecule has 1 aliphatic rings. The van der Waals surface area contributed by atoms with E-state index in [9.17, 15) is 4.79 Å². The zero-order valence-electron chi connectivity index (χ0n) is 11.0. The molecule has 0 atom stereocenters. The smallest absolute Gasteiger partial charge is 0.276 e. The first kappa shape index (κ1) is 12.0. The van der Waals surface area contributed by atoms with E-state index < -0.39 is 0 Å². The van der Waals surface area contributed by atoms with Crippen LogP contribution in [0.3, 0.4) is 0 Å². The molecule has 4 heteroatoms. The summed E-state index contributed by atoms with van der Waals surface area (Å²) in [5, 5.41) is 9.75. The Morgan fingerprint density at radius 1 is 1.32 bits per heavy atom. The van der Waals surface area contributed by atoms with Crippen LogP contribution in [0.15, 0.2) is 24.3 Å². The van der Waals surface area contributed by atoms with Crippen molar-refractivity contribution in [3.8, 4) is 0 Å². The van der Waals surface area contributed by atoms with Gasteiger partial charge in [0.05, 0.1) is 0 Å². The summed E-state index contributed by atoms with van der Waals surface area (Å²) in [5.74, 6) is -0.150. The third-order valence-corrected chi connectivity index (χ3v) is 3.58. The van der Waals surface area contributed by atoms with Crippen LogP contribution in [0.5, 0.6) is 0 Å². The molecule has 1 aromatic heterocycles. The van der Waals surface area contributed by atoms with E-state index in [1.54, 1.807) is 6.07 Å². The zero-order valence-corrected chi connectivity index (χ0v) is 11.0. The SMILES string of the molecule is Cc1cc(C(=O)Nc2cccc3c2CCCC3)n[nH]1. The molecule has 0 fully saturated rings. The van der Waals surface area contributed by atoms with Crippen molar-refractivity contribution < 1.29 is 4.79 Å². The molecule has 4 nitrogen and oxygen atoms in total. The molecule has 0 radical (unpaired) electrons. The normalized spacial score (nSPS) is 13.9. The summed E-state index contributed by atoms with van der Waals surface area (Å²) >= 11 is 0. The summed E-state index contributed by atoms with van der Waals surface area (Å²) < 4.78 is 0. The standard InChI is InChI=1S/C15H17N3O/c1-10-9-14(18-17-10)15(19)16-13-8-4-6-11-5-2-3-7-12(11)13/h4,6,8-9H,2-3,5,7H2,1H3,(H,16,19)(H,17,18). The molecule has 0 spiro atoms. The molecule has 1 amide bonds. The molecule has 98 valence electrons. The molecule has 1 heterocycles. The lowest BCUT2D eigenvalue weighted by Crippen LogP contribution is -2.15. The number of anilines is 1. The molecule has 2 aromatic rings. The van der Waals surface area contributed by atoms with Gasteiger partial charge in [0.25, 0.3) is 5.91 Å². The lowest BCUT2D eigenvalue weighted by atomic mass is 9.90. The van der Waals surface area contributed by atoms with E-state index in [0.717, 1.165) is 24.2 Å². The molecule has 0 unspecified atom stereocenters. The van der Waals surface area contributed by atoms with E-state index in [1.165, 1.54) is 24.0 Å². The van der Waals surface area contributed by atoms with Gasteiger partial charge in [0.1, 0.15) is 0 Å². The Balaban J connectivity index is 1.85. The van der Waals surface area contributed by atoms with Crippen LogP contribution in [-0.2, 0) is 12.8 Å². The maximum atomic E-state index is 12.1. The maximum Gasteiger partial charge on any atom is 0.276 e. The van der Waals surface area contributed by atoms with Crippen molar-refractivity contribution in [2.45, 2.75) is 32.6 Å². The highest BCUT2D eigenvalue weighted by Crippen LogP contribution is 2.28. The number of carbonyl (C=O) groups is 1. The largest absolute Gasteiger partial charge is 0.320 e. The van der Waals surface area contributed by atoms with E-state index in [-0.39, 0.29) is 5.91 Å². The molecule has 19 heavy (non-hydrogen) atoms. The number of benzene rings is 1. The van der Waals surface area contributed by atoms with Crippen molar-refractivity contribution in [2.24, 2.45) is 0 Å². The second-order valence-electron chi connectivity index (χ2n) is 5.04. The van der Waals surface area contributed by atoms with Gasteiger partial charge in [-0.1, -0.05) is 12.1 Å². The van der Waals surface area contributed by atoms with Crippen LogP contribution in [0.1, 0.15) is 40.2 Å². The number of nitrogens with one attached hydrogen (secondary N) is 2. The minimum absolute atomic E-state index is 0.150. The van der Waals surface area contributed by atoms with E-state index in [2.05, 4.69) is 21.6 Å². The summed E-state index contributed by atoms with van der Waals surface area (Å²) in [4.78, 5) is 12.1. The Morgan fingerprint density at radius 3 is 2.95 bits per heavy atom. The van der Waals surface area contributed by atoms with E-state index >= 15 is 0 Å². The van der Waals surface area contributed by atoms with Crippen LogP contribution in [0.25, 0.3) is 0 Å². The van der Waals surface area contributed by atoms with Gasteiger partial charge < -0.3 is 5.32 Å². The van der Waals surface area contributed by atoms with Gasteiger partial charge in [-0.2, -0.15) is 5.10 Å². The summed E-state index contributed by atoms with van der Waals surface area (Å²) in [5.41, 5.74) is 4.91. The van der Waals surface area contributed by atoms with Gasteiger partial charge in [-0.15, -0.1) is 0 Å². The number of rotatable bonds is 2. The predicted octanol–water partition coefficient (Wildman–Crippen LogP) is 2.85. The van der Waals surface area contributed by atoms with Crippen LogP contribution < -0.4 is 5.32 Å². The number of aromatic nitrogens is 2. The van der Waals surface area contributed by atoms with Crippen molar-refractivity contribution in [1.82, 2.24) is 10.2 Å². The van der Waals surface area contributed by atoms with Crippen LogP contribution in [0.2, 0.25) is 0 Å². The first-order chi connectivity index (χ1) is 9.24. The zero-order chi connectivity index (χ0) is 13.2. The van der Waals surface area contributed by atoms with Crippen molar-refractivity contribution in [3.05, 3.63) is 46.8 Å². The van der Waals surface area contributed by atoms with Gasteiger partial charge in [-0.3, -0.25) is 9.89 Å². The first-order valence-corrected chi connectivity index (χ1v) is 6.68. The molecular weight excluding hydrogens is 238 g/mol. The molecule has 0 bridgehead atoms. The monoisotopic (exact) mass is 255 g/mol. The number of H-pyrrole nitrogens is 1. The Morgan fingerprint density at radius 2 is 2.16 bits per heavy atom. The number of fused-ring (bicyclic) bond motifs is 1. The third kappa shape index (κ3) is 2.38. The predicted molar refractivity (Wildman–Crippen MR) is 74.4 cm³/mol. The summed E-state index contributed by atoms with van der Waals surface area (Å²) in [6.07, 6.45) is 4.59. The van der Waals surface area contributed by atoms with Crippen molar-refractivity contribution in [2.75, 3.05) is 5.32 Å². The fourth-order valence-corrected chi connectivity index (χ4v) is 2.62. The first-order valence-electron chi connectivity index (χ1n) is 6.68. The molecular formula is C15H17N3O. The van der Waals surface area contributed by atoms with Crippen LogP contribution in [-0.4, -0.2) is 16.1 Å². The van der Waals surface area contributed by atoms with Gasteiger partial charge in [0.2, 0.25) is 0 Å². The lowest BCUT2D eigenvalue weighted by Gasteiger charge is -2.19. The lowest BCUT2D eigenvalue weighted by molar-refractivity contribution is 0.102. The van der Waals surface area contributed by atoms with Gasteiger partial charge in [-0.25, -0.2) is 0 Å². The van der Waals surface area contributed by atoms with Crippen molar-refractivity contribution in [3.63, 3.8) is 0 Å². The fraction of sp³-hybridized carbons (Fsp3) is 0.333. The Hall–Kier alpha value is -2.10. The molecule has 3 rings (SSSR count). The second kappa shape index (κ2) is 4.88. The number of hydrogen-bond acceptors (Lipinski definition) is 2. The number of hydrogen-bond donors (Lipinski definition) is 2. The van der Waals surface area contributed by atoms with Crippen molar-refractivity contribution in [1.29, 1.82) is 0 Å². The molecule has 2 N–H and O–H groups in total. The van der Waals surface area contributed by atoms with E-state index in [1.807, 2.05) is 19.1 Å². The molecule has 0 aliphatic heterocycles. The van der Waals surface area contributed by atoms with E-state index in [0.29, 0.717) is 5.69 Å². The van der Waals surface area contributed by atoms with Crippen LogP contribution >= 0.6 is 0 Å². The topological polar surface area (TPSA) is 57.8 Å². The second-order valence-corrected chi connectivity index (χ2v) is 5.04. The van der Waals surface area contributed by atoms with Gasteiger partial charge in [0.15, 0.2) is 5.69 Å². The highest BCUT2D eigenvalue weighted by Gasteiger charge is 2.16. The van der Waals surface area contributed by atoms with Crippen molar-refractivity contribution >= 4 is 11.6 Å². The summed E-state index contributed by atoms with van der Waals surface area (Å²) in [6, 6.07) is 7.89. The fourth-order valence-electron chi connectivity index (χ4n) is 2.62. The van der Waals surface area contributed by atoms with E-state index in [4.69, 9.17) is 0 Å². The maximum absolute atomic E-state index is 12.1. The number of aryl methyl sites for hydroxylation is 2. The third-order valence-electron chi connectivity index (χ3n) is 3.58. The molecule has 1 aliphatic carbocycles. The van der Waals surface area contributed by atoms with Crippen LogP contribution in [0.4, 0.5) is 5.69 Å². The minimum atomic E-state index is -0.150. The molecule has 1 aromatic carbocycles. The Bertz CT molecular complexity index is 616. The molecule has 0 saturated heterocycles. The van der Waals surface area contributed by atoms with Gasteiger partial charge in [-0.05, 0) is 55.9 Å². The van der Waals surface area contributed by atoms with Gasteiger partial charge in [0, 0.05) is 11.4 Å². The number of aromatic amines is 1. The average molecular weight is 255 g/mol. The summed E-state index contributed by atoms with van der Waals surface area (Å²) in [6.45, 7) is 1.88. The number of nitrogens with zero attached hydrogens (tertiary/aromatic N) is 1. The highest BCUT2D eigenvalue weighted by molar-refractivity contribution is 6.03. The number of amides is 1. The van der Waals surface area contributed by atoms with Crippen LogP contribution in [0, 0.1) is 6.92 Å². The van der Waals surface area contributed by atoms with Gasteiger partial charge >= 0.3 is 0 Å². The summed E-state index contributed by atoms with van der Waals surface area (Å²) in [7, 11) is 0. The highest BCUT2D eigenvalue weighted by atomic mass is 16.1. The Kier molecular flexibility index (Phi) is 3.07. The number of carbonyl (C=O) groups excluding carboxylic acids is 1.